The number of thioether (sulfide) groups is 1. The van der Waals surface area contributed by atoms with Crippen molar-refractivity contribution in [3.05, 3.63) is 41.2 Å². The summed E-state index contributed by atoms with van der Waals surface area (Å²) in [7, 11) is 0. The standard InChI is InChI=1S/C19H31N3S/c1-5-6-7-8-9-14-23-18-12-10-17(11-13-18)16(4)21-22-19(20)15(2)3/h10-13,22H,5-9,14,20H2,1-4H3/b21-16+. The fourth-order valence-electron chi connectivity index (χ4n) is 2.01. The Balaban J connectivity index is 2.43. The summed E-state index contributed by atoms with van der Waals surface area (Å²) in [5, 5.41) is 4.33. The average molecular weight is 334 g/mol. The van der Waals surface area contributed by atoms with Gasteiger partial charge in [0, 0.05) is 4.90 Å². The molecule has 128 valence electrons. The Hall–Kier alpha value is -1.42. The maximum atomic E-state index is 5.82. The maximum Gasteiger partial charge on any atom is 0.115 e. The third kappa shape index (κ3) is 8.12. The van der Waals surface area contributed by atoms with E-state index in [9.17, 15) is 0 Å². The quantitative estimate of drug-likeness (QED) is 0.265. The summed E-state index contributed by atoms with van der Waals surface area (Å²) in [5.74, 6) is 1.81. The number of hydrazone groups is 1. The maximum absolute atomic E-state index is 5.82. The van der Waals surface area contributed by atoms with Crippen molar-refractivity contribution in [3.63, 3.8) is 0 Å². The fourth-order valence-corrected chi connectivity index (χ4v) is 2.92. The van der Waals surface area contributed by atoms with E-state index in [0.29, 0.717) is 5.82 Å². The zero-order valence-electron chi connectivity index (χ0n) is 15.0. The first-order valence-corrected chi connectivity index (χ1v) is 9.49. The van der Waals surface area contributed by atoms with Crippen LogP contribution in [0.5, 0.6) is 0 Å². The Morgan fingerprint density at radius 2 is 1.70 bits per heavy atom. The number of nitrogens with two attached hydrogens (primary N) is 1. The molecule has 0 spiro atoms. The highest BCUT2D eigenvalue weighted by atomic mass is 32.2. The van der Waals surface area contributed by atoms with Gasteiger partial charge in [-0.2, -0.15) is 5.10 Å². The van der Waals surface area contributed by atoms with Gasteiger partial charge in [-0.1, -0.05) is 44.7 Å². The van der Waals surface area contributed by atoms with E-state index in [0.717, 1.165) is 16.8 Å². The summed E-state index contributed by atoms with van der Waals surface area (Å²) in [6.45, 7) is 8.16. The molecule has 0 fully saturated rings. The van der Waals surface area contributed by atoms with Gasteiger partial charge in [0.2, 0.25) is 0 Å². The van der Waals surface area contributed by atoms with Crippen LogP contribution in [0, 0.1) is 0 Å². The molecule has 0 saturated heterocycles. The number of nitrogens with zero attached hydrogens (tertiary/aromatic N) is 1. The zero-order chi connectivity index (χ0) is 17.1. The summed E-state index contributed by atoms with van der Waals surface area (Å²) in [6, 6.07) is 8.60. The molecule has 1 aromatic carbocycles. The predicted octanol–water partition coefficient (Wildman–Crippen LogP) is 5.27. The number of allylic oxidation sites excluding steroid dienone is 1. The first kappa shape index (κ1) is 19.6. The Morgan fingerprint density at radius 1 is 1.04 bits per heavy atom. The first-order valence-electron chi connectivity index (χ1n) is 8.51. The van der Waals surface area contributed by atoms with Gasteiger partial charge in [0.25, 0.3) is 0 Å². The molecule has 3 N–H and O–H groups in total. The van der Waals surface area contributed by atoms with Gasteiger partial charge < -0.3 is 5.73 Å². The number of nitrogens with one attached hydrogen (secondary N) is 1. The first-order chi connectivity index (χ1) is 11.0. The SMILES string of the molecule is CCCCCCCSc1ccc(/C(C)=N/NC(N)=C(C)C)cc1. The molecule has 0 aliphatic rings. The molecule has 0 bridgehead atoms. The molecule has 0 aliphatic heterocycles. The molecule has 4 heteroatoms. The molecular weight excluding hydrogens is 302 g/mol. The molecule has 0 saturated carbocycles. The largest absolute Gasteiger partial charge is 0.384 e. The van der Waals surface area contributed by atoms with E-state index < -0.39 is 0 Å². The van der Waals surface area contributed by atoms with Crippen molar-refractivity contribution in [2.24, 2.45) is 10.8 Å². The van der Waals surface area contributed by atoms with Gasteiger partial charge in [-0.3, -0.25) is 5.43 Å². The van der Waals surface area contributed by atoms with E-state index in [2.05, 4.69) is 41.7 Å². The number of hydrogen-bond acceptors (Lipinski definition) is 4. The molecule has 0 aromatic heterocycles. The van der Waals surface area contributed by atoms with Gasteiger partial charge in [-0.15, -0.1) is 11.8 Å². The van der Waals surface area contributed by atoms with Crippen molar-refractivity contribution in [1.29, 1.82) is 0 Å². The predicted molar refractivity (Wildman–Crippen MR) is 104 cm³/mol. The number of benzene rings is 1. The summed E-state index contributed by atoms with van der Waals surface area (Å²) < 4.78 is 0. The molecule has 0 unspecified atom stereocenters. The molecule has 23 heavy (non-hydrogen) atoms. The van der Waals surface area contributed by atoms with Crippen molar-refractivity contribution < 1.29 is 0 Å². The smallest absolute Gasteiger partial charge is 0.115 e. The van der Waals surface area contributed by atoms with Crippen LogP contribution in [0.1, 0.15) is 65.4 Å². The number of hydrogen-bond donors (Lipinski definition) is 2. The highest BCUT2D eigenvalue weighted by Crippen LogP contribution is 2.20. The zero-order valence-corrected chi connectivity index (χ0v) is 15.8. The minimum absolute atomic E-state index is 0.611. The average Bonchev–Trinajstić information content (AvgIpc) is 2.56. The van der Waals surface area contributed by atoms with Gasteiger partial charge in [0.1, 0.15) is 5.82 Å². The normalized spacial score (nSPS) is 11.4. The second-order valence-electron chi connectivity index (χ2n) is 6.01. The molecular formula is C19H31N3S. The lowest BCUT2D eigenvalue weighted by Crippen LogP contribution is -2.17. The molecule has 0 amide bonds. The van der Waals surface area contributed by atoms with E-state index >= 15 is 0 Å². The van der Waals surface area contributed by atoms with Crippen LogP contribution in [-0.2, 0) is 0 Å². The summed E-state index contributed by atoms with van der Waals surface area (Å²) >= 11 is 1.94. The van der Waals surface area contributed by atoms with Crippen LogP contribution in [0.4, 0.5) is 0 Å². The van der Waals surface area contributed by atoms with E-state index in [-0.39, 0.29) is 0 Å². The van der Waals surface area contributed by atoms with Crippen LogP contribution in [-0.4, -0.2) is 11.5 Å². The van der Waals surface area contributed by atoms with E-state index in [1.165, 1.54) is 42.8 Å². The molecule has 0 radical (unpaired) electrons. The van der Waals surface area contributed by atoms with Crippen LogP contribution in [0.2, 0.25) is 0 Å². The Morgan fingerprint density at radius 3 is 2.30 bits per heavy atom. The van der Waals surface area contributed by atoms with Crippen LogP contribution in [0.25, 0.3) is 0 Å². The van der Waals surface area contributed by atoms with Gasteiger partial charge in [-0.25, -0.2) is 0 Å². The van der Waals surface area contributed by atoms with Crippen molar-refractivity contribution >= 4 is 17.5 Å². The lowest BCUT2D eigenvalue weighted by atomic mass is 10.1. The third-order valence-corrected chi connectivity index (χ3v) is 4.77. The number of unbranched alkanes of at least 4 members (excludes halogenated alkanes) is 4. The minimum atomic E-state index is 0.611. The highest BCUT2D eigenvalue weighted by molar-refractivity contribution is 7.99. The minimum Gasteiger partial charge on any atom is -0.384 e. The van der Waals surface area contributed by atoms with Crippen molar-refractivity contribution in [1.82, 2.24) is 5.43 Å². The second-order valence-corrected chi connectivity index (χ2v) is 7.18. The summed E-state index contributed by atoms with van der Waals surface area (Å²) in [4.78, 5) is 1.33. The molecule has 3 nitrogen and oxygen atoms in total. The fraction of sp³-hybridized carbons (Fsp3) is 0.526. The van der Waals surface area contributed by atoms with Gasteiger partial charge in [0.15, 0.2) is 0 Å². The van der Waals surface area contributed by atoms with Crippen LogP contribution >= 0.6 is 11.8 Å². The van der Waals surface area contributed by atoms with E-state index in [4.69, 9.17) is 5.73 Å². The van der Waals surface area contributed by atoms with Crippen LogP contribution < -0.4 is 11.2 Å². The van der Waals surface area contributed by atoms with Crippen LogP contribution in [0.3, 0.4) is 0 Å². The Bertz CT molecular complexity index is 514. The molecule has 1 aromatic rings. The van der Waals surface area contributed by atoms with E-state index in [1.807, 2.05) is 32.5 Å². The topological polar surface area (TPSA) is 50.4 Å². The monoisotopic (exact) mass is 333 g/mol. The van der Waals surface area contributed by atoms with Crippen molar-refractivity contribution in [3.8, 4) is 0 Å². The summed E-state index contributed by atoms with van der Waals surface area (Å²) in [6.07, 6.45) is 6.70. The molecule has 1 rings (SSSR count). The molecule has 0 aliphatic carbocycles. The van der Waals surface area contributed by atoms with Crippen molar-refractivity contribution in [2.75, 3.05) is 5.75 Å². The Labute approximate surface area is 145 Å². The van der Waals surface area contributed by atoms with E-state index in [1.54, 1.807) is 0 Å². The highest BCUT2D eigenvalue weighted by Gasteiger charge is 2.00. The van der Waals surface area contributed by atoms with Gasteiger partial charge in [-0.05, 0) is 56.2 Å². The molecule has 0 heterocycles. The lowest BCUT2D eigenvalue weighted by Gasteiger charge is -2.06. The Kier molecular flexibility index (Phi) is 9.53. The summed E-state index contributed by atoms with van der Waals surface area (Å²) in [5.41, 5.74) is 11.8. The third-order valence-electron chi connectivity index (χ3n) is 3.67. The second kappa shape index (κ2) is 11.2. The molecule has 0 atom stereocenters. The lowest BCUT2D eigenvalue weighted by molar-refractivity contribution is 0.659. The van der Waals surface area contributed by atoms with Gasteiger partial charge >= 0.3 is 0 Å². The van der Waals surface area contributed by atoms with Gasteiger partial charge in [0.05, 0.1) is 5.71 Å². The number of rotatable bonds is 10. The van der Waals surface area contributed by atoms with Crippen molar-refractivity contribution in [2.45, 2.75) is 64.7 Å². The van der Waals surface area contributed by atoms with Crippen LogP contribution in [0.15, 0.2) is 45.7 Å².